The lowest BCUT2D eigenvalue weighted by atomic mass is 9.91. The first-order chi connectivity index (χ1) is 18.3. The molecule has 2 atom stereocenters. The number of H-pyrrole nitrogens is 1. The molecule has 38 heavy (non-hydrogen) atoms. The highest BCUT2D eigenvalue weighted by Crippen LogP contribution is 2.37. The van der Waals surface area contributed by atoms with E-state index in [0.717, 1.165) is 30.0 Å². The van der Waals surface area contributed by atoms with Crippen molar-refractivity contribution in [2.75, 3.05) is 44.2 Å². The molecule has 3 aliphatic rings. The summed E-state index contributed by atoms with van der Waals surface area (Å²) in [5.74, 6) is 0.315. The first-order valence-electron chi connectivity index (χ1n) is 13.3. The van der Waals surface area contributed by atoms with Crippen molar-refractivity contribution < 1.29 is 13.2 Å². The molecule has 3 aromatic rings. The van der Waals surface area contributed by atoms with E-state index in [9.17, 15) is 13.2 Å². The minimum atomic E-state index is -4.60. The molecule has 1 saturated heterocycles. The van der Waals surface area contributed by atoms with Gasteiger partial charge in [-0.2, -0.15) is 13.2 Å². The van der Waals surface area contributed by atoms with Gasteiger partial charge in [-0.1, -0.05) is 29.6 Å². The van der Waals surface area contributed by atoms with Crippen LogP contribution in [0.1, 0.15) is 42.3 Å². The van der Waals surface area contributed by atoms with E-state index < -0.39 is 11.9 Å². The highest BCUT2D eigenvalue weighted by atomic mass is 35.5. The largest absolute Gasteiger partial charge is 0.434 e. The Morgan fingerprint density at radius 3 is 2.71 bits per heavy atom. The first-order valence-corrected chi connectivity index (χ1v) is 14.0. The van der Waals surface area contributed by atoms with E-state index in [1.54, 1.807) is 6.07 Å². The SMILES string of the molecule is FC(F)(F)c1nc(N2CCNCC2CN2CCc3c([nH]c4ccc(Cl)cc34)C2CNC2CCC2)ccc1Cl. The number of alkyl halides is 3. The van der Waals surface area contributed by atoms with Gasteiger partial charge in [-0.25, -0.2) is 4.98 Å². The van der Waals surface area contributed by atoms with Crippen molar-refractivity contribution in [1.29, 1.82) is 0 Å². The number of aromatic amines is 1. The summed E-state index contributed by atoms with van der Waals surface area (Å²) in [5.41, 5.74) is 2.57. The van der Waals surface area contributed by atoms with Gasteiger partial charge in [-0.15, -0.1) is 0 Å². The molecule has 2 aliphatic heterocycles. The summed E-state index contributed by atoms with van der Waals surface area (Å²) >= 11 is 12.2. The Balaban J connectivity index is 1.29. The molecule has 6 rings (SSSR count). The normalized spacial score (nSPS) is 23.0. The maximum atomic E-state index is 13.5. The van der Waals surface area contributed by atoms with E-state index in [1.165, 1.54) is 42.0 Å². The number of hydrogen-bond acceptors (Lipinski definition) is 5. The van der Waals surface area contributed by atoms with Gasteiger partial charge in [-0.05, 0) is 55.2 Å². The summed E-state index contributed by atoms with van der Waals surface area (Å²) in [5, 5.41) is 8.71. The fraction of sp³-hybridized carbons (Fsp3) is 0.519. The lowest BCUT2D eigenvalue weighted by molar-refractivity contribution is -0.141. The third-order valence-corrected chi connectivity index (χ3v) is 8.76. The van der Waals surface area contributed by atoms with Crippen molar-refractivity contribution in [3.63, 3.8) is 0 Å². The fourth-order valence-electron chi connectivity index (χ4n) is 6.02. The van der Waals surface area contributed by atoms with Crippen LogP contribution < -0.4 is 15.5 Å². The summed E-state index contributed by atoms with van der Waals surface area (Å²) in [6.07, 6.45) is -0.0548. The molecule has 3 N–H and O–H groups in total. The van der Waals surface area contributed by atoms with E-state index in [0.29, 0.717) is 38.0 Å². The van der Waals surface area contributed by atoms with Gasteiger partial charge in [0.05, 0.1) is 17.1 Å². The highest BCUT2D eigenvalue weighted by Gasteiger charge is 2.38. The Kier molecular flexibility index (Phi) is 7.24. The minimum absolute atomic E-state index is 0.0370. The zero-order valence-electron chi connectivity index (χ0n) is 20.9. The summed E-state index contributed by atoms with van der Waals surface area (Å²) in [7, 11) is 0. The third-order valence-electron chi connectivity index (χ3n) is 8.22. The number of rotatable bonds is 6. The van der Waals surface area contributed by atoms with E-state index in [4.69, 9.17) is 23.2 Å². The Bertz CT molecular complexity index is 1310. The molecular formula is C27H31Cl2F3N6. The zero-order chi connectivity index (χ0) is 26.4. The fourth-order valence-corrected chi connectivity index (χ4v) is 6.40. The van der Waals surface area contributed by atoms with Gasteiger partial charge in [0.2, 0.25) is 0 Å². The Morgan fingerprint density at radius 2 is 1.95 bits per heavy atom. The van der Waals surface area contributed by atoms with Gasteiger partial charge in [-0.3, -0.25) is 4.90 Å². The molecule has 0 amide bonds. The number of piperazine rings is 1. The number of nitrogens with zero attached hydrogens (tertiary/aromatic N) is 3. The molecule has 0 spiro atoms. The van der Waals surface area contributed by atoms with Gasteiger partial charge in [0, 0.05) is 66.9 Å². The van der Waals surface area contributed by atoms with Crippen LogP contribution in [0.15, 0.2) is 30.3 Å². The lowest BCUT2D eigenvalue weighted by Crippen LogP contribution is -2.58. The lowest BCUT2D eigenvalue weighted by Gasteiger charge is -2.44. The number of pyridine rings is 1. The van der Waals surface area contributed by atoms with E-state index in [1.807, 2.05) is 23.1 Å². The van der Waals surface area contributed by atoms with Crippen LogP contribution in [0, 0.1) is 0 Å². The molecule has 2 aromatic heterocycles. The molecule has 204 valence electrons. The second-order valence-corrected chi connectivity index (χ2v) is 11.4. The summed E-state index contributed by atoms with van der Waals surface area (Å²) < 4.78 is 40.6. The number of fused-ring (bicyclic) bond motifs is 3. The van der Waals surface area contributed by atoms with Gasteiger partial charge in [0.25, 0.3) is 0 Å². The van der Waals surface area contributed by atoms with Gasteiger partial charge in [0.15, 0.2) is 5.69 Å². The van der Waals surface area contributed by atoms with E-state index >= 15 is 0 Å². The number of benzene rings is 1. The molecule has 2 fully saturated rings. The van der Waals surface area contributed by atoms with Crippen LogP contribution in [-0.2, 0) is 12.6 Å². The van der Waals surface area contributed by atoms with Crippen molar-refractivity contribution in [1.82, 2.24) is 25.5 Å². The van der Waals surface area contributed by atoms with Crippen LogP contribution in [0.3, 0.4) is 0 Å². The monoisotopic (exact) mass is 566 g/mol. The van der Waals surface area contributed by atoms with Crippen molar-refractivity contribution in [2.24, 2.45) is 0 Å². The van der Waals surface area contributed by atoms with Crippen molar-refractivity contribution >= 4 is 39.9 Å². The van der Waals surface area contributed by atoms with Crippen LogP contribution >= 0.6 is 23.2 Å². The second kappa shape index (κ2) is 10.5. The topological polar surface area (TPSA) is 59.2 Å². The minimum Gasteiger partial charge on any atom is -0.357 e. The average Bonchev–Trinajstić information content (AvgIpc) is 3.22. The predicted octanol–water partition coefficient (Wildman–Crippen LogP) is 5.41. The van der Waals surface area contributed by atoms with Gasteiger partial charge < -0.3 is 20.5 Å². The number of aromatic nitrogens is 2. The predicted molar refractivity (Wildman–Crippen MR) is 145 cm³/mol. The molecule has 6 nitrogen and oxygen atoms in total. The molecule has 11 heteroatoms. The van der Waals surface area contributed by atoms with Crippen molar-refractivity contribution in [3.05, 3.63) is 57.3 Å². The molecule has 0 bridgehead atoms. The standard InChI is InChI=1S/C27H31Cl2F3N6/c28-16-4-6-22-20(12-16)19-8-10-37(23(25(19)35-22)14-34-17-2-1-3-17)15-18-13-33-9-11-38(18)24-7-5-21(29)26(36-24)27(30,31)32/h4-7,12,17-18,23,33-35H,1-3,8-11,13-15H2. The summed E-state index contributed by atoms with van der Waals surface area (Å²) in [6, 6.07) is 9.52. The molecule has 0 radical (unpaired) electrons. The molecule has 1 saturated carbocycles. The zero-order valence-corrected chi connectivity index (χ0v) is 22.4. The number of anilines is 1. The number of halogens is 5. The Labute approximate surface area is 229 Å². The summed E-state index contributed by atoms with van der Waals surface area (Å²) in [4.78, 5) is 12.1. The molecule has 1 aliphatic carbocycles. The van der Waals surface area contributed by atoms with E-state index in [-0.39, 0.29) is 17.1 Å². The molecular weight excluding hydrogens is 536 g/mol. The van der Waals surface area contributed by atoms with Gasteiger partial charge in [0.1, 0.15) is 5.82 Å². The number of hydrogen-bond donors (Lipinski definition) is 3. The van der Waals surface area contributed by atoms with Crippen molar-refractivity contribution in [2.45, 2.75) is 50.0 Å². The highest BCUT2D eigenvalue weighted by molar-refractivity contribution is 6.31. The van der Waals surface area contributed by atoms with Crippen molar-refractivity contribution in [3.8, 4) is 0 Å². The molecule has 4 heterocycles. The summed E-state index contributed by atoms with van der Waals surface area (Å²) in [6.45, 7) is 4.30. The second-order valence-electron chi connectivity index (χ2n) is 10.6. The molecule has 1 aromatic carbocycles. The number of nitrogens with one attached hydrogen (secondary N) is 3. The maximum absolute atomic E-state index is 13.5. The van der Waals surface area contributed by atoms with Crippen LogP contribution in [0.5, 0.6) is 0 Å². The van der Waals surface area contributed by atoms with Crippen LogP contribution in [0.25, 0.3) is 10.9 Å². The third kappa shape index (κ3) is 5.11. The smallest absolute Gasteiger partial charge is 0.357 e. The maximum Gasteiger partial charge on any atom is 0.434 e. The Morgan fingerprint density at radius 1 is 1.11 bits per heavy atom. The van der Waals surface area contributed by atoms with Gasteiger partial charge >= 0.3 is 6.18 Å². The van der Waals surface area contributed by atoms with Crippen LogP contribution in [-0.4, -0.2) is 66.2 Å². The van der Waals surface area contributed by atoms with Crippen LogP contribution in [0.2, 0.25) is 10.0 Å². The Hall–Kier alpha value is -2.04. The first kappa shape index (κ1) is 26.2. The molecule has 2 unspecified atom stereocenters. The van der Waals surface area contributed by atoms with E-state index in [2.05, 4.69) is 25.5 Å². The van der Waals surface area contributed by atoms with Crippen LogP contribution in [0.4, 0.5) is 19.0 Å². The average molecular weight is 567 g/mol. The quantitative estimate of drug-likeness (QED) is 0.372.